The Morgan fingerprint density at radius 2 is 1.84 bits per heavy atom. The maximum Gasteiger partial charge on any atom is 0.255 e. The van der Waals surface area contributed by atoms with Crippen LogP contribution in [0.2, 0.25) is 0 Å². The van der Waals surface area contributed by atoms with Crippen molar-refractivity contribution in [3.8, 4) is 17.2 Å². The van der Waals surface area contributed by atoms with E-state index in [1.807, 2.05) is 19.1 Å². The van der Waals surface area contributed by atoms with Gasteiger partial charge >= 0.3 is 0 Å². The fraction of sp³-hybridized carbons (Fsp3) is 0.350. The number of carbonyl (C=O) groups is 1. The average Bonchev–Trinajstić information content (AvgIpc) is 2.63. The zero-order chi connectivity index (χ0) is 18.2. The van der Waals surface area contributed by atoms with Crippen molar-refractivity contribution < 1.29 is 19.0 Å². The van der Waals surface area contributed by atoms with Gasteiger partial charge in [-0.1, -0.05) is 19.4 Å². The standard InChI is InChI=1S/C20H25NO4/c1-5-6-11-25-18-10-9-16(23-3)13-17(18)21-20(22)15-8-7-14(2)19(12-15)24-4/h7-10,12-13H,5-6,11H2,1-4H3,(H,21,22). The van der Waals surface area contributed by atoms with Gasteiger partial charge in [-0.05, 0) is 43.2 Å². The number of nitrogens with one attached hydrogen (secondary N) is 1. The lowest BCUT2D eigenvalue weighted by Crippen LogP contribution is -2.13. The molecule has 0 aromatic heterocycles. The molecule has 0 saturated carbocycles. The maximum atomic E-state index is 12.6. The van der Waals surface area contributed by atoms with Gasteiger partial charge < -0.3 is 19.5 Å². The van der Waals surface area contributed by atoms with Crippen LogP contribution < -0.4 is 19.5 Å². The topological polar surface area (TPSA) is 56.8 Å². The largest absolute Gasteiger partial charge is 0.497 e. The molecular weight excluding hydrogens is 318 g/mol. The molecule has 0 aliphatic heterocycles. The minimum Gasteiger partial charge on any atom is -0.497 e. The molecule has 0 unspecified atom stereocenters. The van der Waals surface area contributed by atoms with Crippen LogP contribution >= 0.6 is 0 Å². The summed E-state index contributed by atoms with van der Waals surface area (Å²) in [6.45, 7) is 4.64. The normalized spacial score (nSPS) is 10.2. The molecule has 0 saturated heterocycles. The lowest BCUT2D eigenvalue weighted by atomic mass is 10.1. The first-order valence-electron chi connectivity index (χ1n) is 8.35. The van der Waals surface area contributed by atoms with Crippen molar-refractivity contribution in [1.29, 1.82) is 0 Å². The van der Waals surface area contributed by atoms with E-state index in [1.165, 1.54) is 0 Å². The van der Waals surface area contributed by atoms with Crippen LogP contribution in [0.25, 0.3) is 0 Å². The molecule has 0 aliphatic carbocycles. The average molecular weight is 343 g/mol. The highest BCUT2D eigenvalue weighted by Gasteiger charge is 2.13. The number of carbonyl (C=O) groups excluding carboxylic acids is 1. The molecule has 2 aromatic rings. The number of methoxy groups -OCH3 is 2. The molecule has 134 valence electrons. The Kier molecular flexibility index (Phi) is 6.69. The van der Waals surface area contributed by atoms with Crippen molar-refractivity contribution >= 4 is 11.6 Å². The maximum absolute atomic E-state index is 12.6. The zero-order valence-electron chi connectivity index (χ0n) is 15.2. The molecule has 2 rings (SSSR count). The summed E-state index contributed by atoms with van der Waals surface area (Å²) >= 11 is 0. The van der Waals surface area contributed by atoms with Gasteiger partial charge in [-0.2, -0.15) is 0 Å². The van der Waals surface area contributed by atoms with Gasteiger partial charge in [0.05, 0.1) is 26.5 Å². The van der Waals surface area contributed by atoms with Crippen LogP contribution in [-0.2, 0) is 0 Å². The highest BCUT2D eigenvalue weighted by molar-refractivity contribution is 6.05. The number of unbranched alkanes of at least 4 members (excludes halogenated alkanes) is 1. The fourth-order valence-corrected chi connectivity index (χ4v) is 2.34. The third-order valence-electron chi connectivity index (χ3n) is 3.86. The van der Waals surface area contributed by atoms with Gasteiger partial charge in [0.15, 0.2) is 0 Å². The van der Waals surface area contributed by atoms with E-state index in [2.05, 4.69) is 12.2 Å². The van der Waals surface area contributed by atoms with Crippen molar-refractivity contribution in [2.75, 3.05) is 26.1 Å². The summed E-state index contributed by atoms with van der Waals surface area (Å²) in [6.07, 6.45) is 2.00. The minimum atomic E-state index is -0.230. The van der Waals surface area contributed by atoms with Crippen LogP contribution in [0.3, 0.4) is 0 Å². The molecule has 0 spiro atoms. The van der Waals surface area contributed by atoms with E-state index in [4.69, 9.17) is 14.2 Å². The number of benzene rings is 2. The van der Waals surface area contributed by atoms with E-state index in [1.54, 1.807) is 38.5 Å². The molecule has 0 fully saturated rings. The van der Waals surface area contributed by atoms with Gasteiger partial charge in [0.1, 0.15) is 17.2 Å². The van der Waals surface area contributed by atoms with E-state index in [0.717, 1.165) is 18.4 Å². The number of amides is 1. The molecule has 5 heteroatoms. The van der Waals surface area contributed by atoms with Gasteiger partial charge in [-0.15, -0.1) is 0 Å². The quantitative estimate of drug-likeness (QED) is 0.720. The summed E-state index contributed by atoms with van der Waals surface area (Å²) in [5.74, 6) is 1.73. The number of hydrogen-bond acceptors (Lipinski definition) is 4. The van der Waals surface area contributed by atoms with E-state index < -0.39 is 0 Å². The van der Waals surface area contributed by atoms with Crippen LogP contribution in [0.4, 0.5) is 5.69 Å². The molecule has 0 bridgehead atoms. The minimum absolute atomic E-state index is 0.230. The predicted molar refractivity (Wildman–Crippen MR) is 99.1 cm³/mol. The highest BCUT2D eigenvalue weighted by atomic mass is 16.5. The number of rotatable bonds is 8. The summed E-state index contributed by atoms with van der Waals surface area (Å²) in [5.41, 5.74) is 2.08. The molecule has 1 N–H and O–H groups in total. The van der Waals surface area contributed by atoms with Gasteiger partial charge in [0.2, 0.25) is 0 Å². The molecule has 5 nitrogen and oxygen atoms in total. The van der Waals surface area contributed by atoms with Crippen LogP contribution in [-0.4, -0.2) is 26.7 Å². The van der Waals surface area contributed by atoms with Crippen molar-refractivity contribution in [1.82, 2.24) is 0 Å². The van der Waals surface area contributed by atoms with Crippen molar-refractivity contribution in [3.63, 3.8) is 0 Å². The number of hydrogen-bond donors (Lipinski definition) is 1. The van der Waals surface area contributed by atoms with Crippen LogP contribution in [0, 0.1) is 6.92 Å². The van der Waals surface area contributed by atoms with Gasteiger partial charge in [0.25, 0.3) is 5.91 Å². The Hall–Kier alpha value is -2.69. The molecule has 0 atom stereocenters. The lowest BCUT2D eigenvalue weighted by Gasteiger charge is -2.14. The zero-order valence-corrected chi connectivity index (χ0v) is 15.2. The molecule has 0 radical (unpaired) electrons. The first-order chi connectivity index (χ1) is 12.1. The fourth-order valence-electron chi connectivity index (χ4n) is 2.34. The number of ether oxygens (including phenoxy) is 3. The van der Waals surface area contributed by atoms with Crippen molar-refractivity contribution in [3.05, 3.63) is 47.5 Å². The summed E-state index contributed by atoms with van der Waals surface area (Å²) < 4.78 is 16.3. The molecule has 0 aliphatic rings. The molecule has 1 amide bonds. The summed E-state index contributed by atoms with van der Waals surface area (Å²) in [7, 11) is 3.18. The second-order valence-electron chi connectivity index (χ2n) is 5.70. The van der Waals surface area contributed by atoms with Crippen molar-refractivity contribution in [2.45, 2.75) is 26.7 Å². The highest BCUT2D eigenvalue weighted by Crippen LogP contribution is 2.30. The first kappa shape index (κ1) is 18.6. The Labute approximate surface area is 148 Å². The van der Waals surface area contributed by atoms with E-state index in [0.29, 0.717) is 35.1 Å². The molecule has 25 heavy (non-hydrogen) atoms. The van der Waals surface area contributed by atoms with Crippen LogP contribution in [0.5, 0.6) is 17.2 Å². The van der Waals surface area contributed by atoms with E-state index >= 15 is 0 Å². The Balaban J connectivity index is 2.23. The SMILES string of the molecule is CCCCOc1ccc(OC)cc1NC(=O)c1ccc(C)c(OC)c1. The van der Waals surface area contributed by atoms with Gasteiger partial charge in [0, 0.05) is 11.6 Å². The molecular formula is C20H25NO4. The summed E-state index contributed by atoms with van der Waals surface area (Å²) in [5, 5.41) is 2.90. The Morgan fingerprint density at radius 1 is 1.04 bits per heavy atom. The van der Waals surface area contributed by atoms with E-state index in [-0.39, 0.29) is 5.91 Å². The number of aryl methyl sites for hydroxylation is 1. The van der Waals surface area contributed by atoms with Crippen molar-refractivity contribution in [2.24, 2.45) is 0 Å². The smallest absolute Gasteiger partial charge is 0.255 e. The van der Waals surface area contributed by atoms with Gasteiger partial charge in [-0.3, -0.25) is 4.79 Å². The van der Waals surface area contributed by atoms with E-state index in [9.17, 15) is 4.79 Å². The Bertz CT molecular complexity index is 728. The van der Waals surface area contributed by atoms with Gasteiger partial charge in [-0.25, -0.2) is 0 Å². The monoisotopic (exact) mass is 343 g/mol. The predicted octanol–water partition coefficient (Wildman–Crippen LogP) is 4.44. The van der Waals surface area contributed by atoms with Crippen LogP contribution in [0.1, 0.15) is 35.7 Å². The third kappa shape index (κ3) is 4.89. The molecule has 2 aromatic carbocycles. The Morgan fingerprint density at radius 3 is 2.52 bits per heavy atom. The first-order valence-corrected chi connectivity index (χ1v) is 8.35. The summed E-state index contributed by atoms with van der Waals surface area (Å²) in [6, 6.07) is 10.7. The summed E-state index contributed by atoms with van der Waals surface area (Å²) in [4.78, 5) is 12.6. The third-order valence-corrected chi connectivity index (χ3v) is 3.86. The van der Waals surface area contributed by atoms with Crippen LogP contribution in [0.15, 0.2) is 36.4 Å². The second kappa shape index (κ2) is 8.97. The molecule has 0 heterocycles. The lowest BCUT2D eigenvalue weighted by molar-refractivity contribution is 0.102. The number of anilines is 1. The second-order valence-corrected chi connectivity index (χ2v) is 5.70.